The zero-order valence-electron chi connectivity index (χ0n) is 10.8. The molecule has 0 aliphatic carbocycles. The first-order valence-electron chi connectivity index (χ1n) is 6.22. The number of halogens is 1. The lowest BCUT2D eigenvalue weighted by Gasteiger charge is -2.10. The summed E-state index contributed by atoms with van der Waals surface area (Å²) in [6.07, 6.45) is 5.98. The van der Waals surface area contributed by atoms with Gasteiger partial charge in [-0.25, -0.2) is 4.98 Å². The summed E-state index contributed by atoms with van der Waals surface area (Å²) in [5.74, 6) is 1.16. The molecule has 19 heavy (non-hydrogen) atoms. The first kappa shape index (κ1) is 13.8. The molecule has 2 heterocycles. The van der Waals surface area contributed by atoms with Gasteiger partial charge in [0, 0.05) is 30.6 Å². The van der Waals surface area contributed by atoms with Crippen molar-refractivity contribution < 1.29 is 4.74 Å². The Morgan fingerprint density at radius 2 is 2.26 bits per heavy atom. The molecular weight excluding hydrogens is 262 g/mol. The fourth-order valence-corrected chi connectivity index (χ4v) is 1.77. The molecule has 2 rings (SSSR count). The fourth-order valence-electron chi connectivity index (χ4n) is 1.61. The monoisotopic (exact) mass is 277 g/mol. The number of nitrogens with zero attached hydrogens (tertiary/aromatic N) is 2. The lowest BCUT2D eigenvalue weighted by atomic mass is 10.2. The second kappa shape index (κ2) is 7.07. The number of nitrogens with one attached hydrogen (secondary N) is 1. The maximum absolute atomic E-state index is 5.88. The van der Waals surface area contributed by atoms with Crippen molar-refractivity contribution in [2.24, 2.45) is 0 Å². The topological polar surface area (TPSA) is 47.0 Å². The summed E-state index contributed by atoms with van der Waals surface area (Å²) in [4.78, 5) is 8.23. The smallest absolute Gasteiger partial charge is 0.223 e. The summed E-state index contributed by atoms with van der Waals surface area (Å²) in [5.41, 5.74) is 1.01. The van der Waals surface area contributed by atoms with E-state index < -0.39 is 0 Å². The normalized spacial score (nSPS) is 10.4. The SMILES string of the molecule is CCCNCc1cccnc1Oc1cncc(Cl)c1. The van der Waals surface area contributed by atoms with Gasteiger partial charge in [-0.3, -0.25) is 4.98 Å². The van der Waals surface area contributed by atoms with E-state index in [0.29, 0.717) is 16.7 Å². The van der Waals surface area contributed by atoms with Crippen LogP contribution in [0.3, 0.4) is 0 Å². The van der Waals surface area contributed by atoms with Gasteiger partial charge in [-0.2, -0.15) is 0 Å². The molecule has 1 N–H and O–H groups in total. The number of aromatic nitrogens is 2. The highest BCUT2D eigenvalue weighted by Crippen LogP contribution is 2.24. The number of rotatable bonds is 6. The van der Waals surface area contributed by atoms with Gasteiger partial charge in [-0.15, -0.1) is 0 Å². The number of pyridine rings is 2. The Labute approximate surface area is 117 Å². The summed E-state index contributed by atoms with van der Waals surface area (Å²) < 4.78 is 5.72. The average Bonchev–Trinajstić information content (AvgIpc) is 2.41. The van der Waals surface area contributed by atoms with E-state index in [1.807, 2.05) is 12.1 Å². The molecule has 0 spiro atoms. The number of hydrogen-bond acceptors (Lipinski definition) is 4. The number of ether oxygens (including phenoxy) is 1. The minimum Gasteiger partial charge on any atom is -0.437 e. The number of hydrogen-bond donors (Lipinski definition) is 1. The van der Waals surface area contributed by atoms with E-state index in [1.165, 1.54) is 0 Å². The van der Waals surface area contributed by atoms with Crippen molar-refractivity contribution in [1.82, 2.24) is 15.3 Å². The van der Waals surface area contributed by atoms with Crippen molar-refractivity contribution in [3.63, 3.8) is 0 Å². The van der Waals surface area contributed by atoms with E-state index in [9.17, 15) is 0 Å². The molecule has 4 nitrogen and oxygen atoms in total. The first-order valence-corrected chi connectivity index (χ1v) is 6.60. The Kier molecular flexibility index (Phi) is 5.12. The average molecular weight is 278 g/mol. The van der Waals surface area contributed by atoms with E-state index in [2.05, 4.69) is 22.2 Å². The van der Waals surface area contributed by atoms with Crippen LogP contribution in [0, 0.1) is 0 Å². The Bertz CT molecular complexity index is 534. The molecule has 2 aromatic heterocycles. The van der Waals surface area contributed by atoms with E-state index in [-0.39, 0.29) is 0 Å². The van der Waals surface area contributed by atoms with Crippen LogP contribution in [0.15, 0.2) is 36.8 Å². The lowest BCUT2D eigenvalue weighted by Crippen LogP contribution is -2.14. The Morgan fingerprint density at radius 1 is 1.37 bits per heavy atom. The molecule has 5 heteroatoms. The van der Waals surface area contributed by atoms with Crippen molar-refractivity contribution in [2.75, 3.05) is 6.54 Å². The van der Waals surface area contributed by atoms with Crippen LogP contribution in [0.4, 0.5) is 0 Å². The van der Waals surface area contributed by atoms with Crippen LogP contribution in [0.25, 0.3) is 0 Å². The van der Waals surface area contributed by atoms with Crippen molar-refractivity contribution in [2.45, 2.75) is 19.9 Å². The zero-order valence-corrected chi connectivity index (χ0v) is 11.5. The predicted molar refractivity (Wildman–Crippen MR) is 75.6 cm³/mol. The maximum atomic E-state index is 5.88. The molecular formula is C14H16ClN3O. The fraction of sp³-hybridized carbons (Fsp3) is 0.286. The largest absolute Gasteiger partial charge is 0.437 e. The van der Waals surface area contributed by atoms with Crippen molar-refractivity contribution >= 4 is 11.6 Å². The molecule has 0 saturated heterocycles. The maximum Gasteiger partial charge on any atom is 0.223 e. The van der Waals surface area contributed by atoms with E-state index in [1.54, 1.807) is 24.7 Å². The van der Waals surface area contributed by atoms with Crippen LogP contribution in [-0.2, 0) is 6.54 Å². The third kappa shape index (κ3) is 4.19. The molecule has 0 fully saturated rings. The minimum absolute atomic E-state index is 0.541. The van der Waals surface area contributed by atoms with E-state index in [4.69, 9.17) is 16.3 Å². The summed E-state index contributed by atoms with van der Waals surface area (Å²) >= 11 is 5.88. The summed E-state index contributed by atoms with van der Waals surface area (Å²) in [5, 5.41) is 3.87. The highest BCUT2D eigenvalue weighted by Gasteiger charge is 2.06. The molecule has 0 saturated carbocycles. The predicted octanol–water partition coefficient (Wildman–Crippen LogP) is 3.42. The molecule has 0 unspecified atom stereocenters. The van der Waals surface area contributed by atoms with Gasteiger partial charge in [0.05, 0.1) is 11.2 Å². The summed E-state index contributed by atoms with van der Waals surface area (Å²) in [6, 6.07) is 5.60. The third-order valence-corrected chi connectivity index (χ3v) is 2.69. The van der Waals surface area contributed by atoms with Crippen LogP contribution in [0.1, 0.15) is 18.9 Å². The van der Waals surface area contributed by atoms with E-state index in [0.717, 1.165) is 25.1 Å². The Hall–Kier alpha value is -1.65. The van der Waals surface area contributed by atoms with E-state index >= 15 is 0 Å². The van der Waals surface area contributed by atoms with Gasteiger partial charge in [0.15, 0.2) is 0 Å². The summed E-state index contributed by atoms with van der Waals surface area (Å²) in [7, 11) is 0. The zero-order chi connectivity index (χ0) is 13.5. The molecule has 0 aliphatic heterocycles. The van der Waals surface area contributed by atoms with Crippen LogP contribution in [-0.4, -0.2) is 16.5 Å². The third-order valence-electron chi connectivity index (χ3n) is 2.49. The highest BCUT2D eigenvalue weighted by atomic mass is 35.5. The Balaban J connectivity index is 2.11. The molecule has 0 aromatic carbocycles. The van der Waals surface area contributed by atoms with Gasteiger partial charge in [0.2, 0.25) is 5.88 Å². The second-order valence-electron chi connectivity index (χ2n) is 4.09. The summed E-state index contributed by atoms with van der Waals surface area (Å²) in [6.45, 7) is 3.82. The molecule has 100 valence electrons. The van der Waals surface area contributed by atoms with Crippen molar-refractivity contribution in [1.29, 1.82) is 0 Å². The second-order valence-corrected chi connectivity index (χ2v) is 4.52. The van der Waals surface area contributed by atoms with Gasteiger partial charge in [-0.05, 0) is 19.0 Å². The van der Waals surface area contributed by atoms with Gasteiger partial charge < -0.3 is 10.1 Å². The standard InChI is InChI=1S/C14H16ClN3O/c1-2-5-16-8-11-4-3-6-18-14(11)19-13-7-12(15)9-17-10-13/h3-4,6-7,9-10,16H,2,5,8H2,1H3. The van der Waals surface area contributed by atoms with Crippen LogP contribution < -0.4 is 10.1 Å². The quantitative estimate of drug-likeness (QED) is 0.822. The van der Waals surface area contributed by atoms with Crippen LogP contribution in [0.2, 0.25) is 5.02 Å². The molecule has 0 aliphatic rings. The minimum atomic E-state index is 0.541. The highest BCUT2D eigenvalue weighted by molar-refractivity contribution is 6.30. The van der Waals surface area contributed by atoms with Gasteiger partial charge in [-0.1, -0.05) is 24.6 Å². The van der Waals surface area contributed by atoms with Gasteiger partial charge in [0.1, 0.15) is 5.75 Å². The van der Waals surface area contributed by atoms with Gasteiger partial charge in [0.25, 0.3) is 0 Å². The first-order chi connectivity index (χ1) is 9.29. The molecule has 0 atom stereocenters. The molecule has 0 bridgehead atoms. The van der Waals surface area contributed by atoms with Crippen molar-refractivity contribution in [3.05, 3.63) is 47.4 Å². The molecule has 2 aromatic rings. The van der Waals surface area contributed by atoms with Crippen LogP contribution in [0.5, 0.6) is 11.6 Å². The Morgan fingerprint density at radius 3 is 3.05 bits per heavy atom. The molecule has 0 amide bonds. The van der Waals surface area contributed by atoms with Crippen molar-refractivity contribution in [3.8, 4) is 11.6 Å². The molecule has 0 radical (unpaired) electrons. The lowest BCUT2D eigenvalue weighted by molar-refractivity contribution is 0.451. The van der Waals surface area contributed by atoms with Crippen LogP contribution >= 0.6 is 11.6 Å². The van der Waals surface area contributed by atoms with Gasteiger partial charge >= 0.3 is 0 Å².